The Kier molecular flexibility index (Phi) is 6.98. The van der Waals surface area contributed by atoms with E-state index in [1.54, 1.807) is 12.1 Å². The van der Waals surface area contributed by atoms with Crippen LogP contribution < -0.4 is 10.1 Å². The Balaban J connectivity index is 1.91. The van der Waals surface area contributed by atoms with Gasteiger partial charge in [-0.15, -0.1) is 0 Å². The average molecular weight is 409 g/mol. The summed E-state index contributed by atoms with van der Waals surface area (Å²) in [7, 11) is 1.43. The third-order valence-electron chi connectivity index (χ3n) is 3.94. The van der Waals surface area contributed by atoms with Crippen molar-refractivity contribution < 1.29 is 37.0 Å². The summed E-state index contributed by atoms with van der Waals surface area (Å²) in [6, 6.07) is 8.28. The molecule has 0 atom stereocenters. The smallest absolute Gasteiger partial charge is 0.416 e. The lowest BCUT2D eigenvalue weighted by Crippen LogP contribution is -2.30. The fourth-order valence-corrected chi connectivity index (χ4v) is 2.38. The number of esters is 1. The lowest BCUT2D eigenvalue weighted by atomic mass is 10.1. The van der Waals surface area contributed by atoms with Crippen molar-refractivity contribution in [2.45, 2.75) is 19.7 Å². The number of carbonyl (C=O) groups is 3. The van der Waals surface area contributed by atoms with Crippen LogP contribution in [0.4, 0.5) is 13.2 Å². The number of hydrogen-bond acceptors (Lipinski definition) is 5. The monoisotopic (exact) mass is 409 g/mol. The van der Waals surface area contributed by atoms with Gasteiger partial charge in [-0.3, -0.25) is 14.4 Å². The molecular weight excluding hydrogens is 391 g/mol. The molecule has 0 heterocycles. The standard InChI is InChI=1S/C20H18F3NO5/c1-12(25)14-5-8-17(28-2)15(9-14)11-29-18(26)10-24-19(27)13-3-6-16(7-4-13)20(21,22)23/h3-9H,10-11H2,1-2H3,(H,24,27). The average Bonchev–Trinajstić information content (AvgIpc) is 2.69. The Morgan fingerprint density at radius 2 is 1.62 bits per heavy atom. The molecule has 1 amide bonds. The number of Topliss-reactive ketones (excluding diaryl/α,β-unsaturated/α-hetero) is 1. The number of ketones is 1. The zero-order chi connectivity index (χ0) is 21.6. The van der Waals surface area contributed by atoms with Gasteiger partial charge in [0.2, 0.25) is 0 Å². The summed E-state index contributed by atoms with van der Waals surface area (Å²) in [6.07, 6.45) is -4.50. The Hall–Kier alpha value is -3.36. The van der Waals surface area contributed by atoms with Crippen molar-refractivity contribution in [3.05, 3.63) is 64.7 Å². The lowest BCUT2D eigenvalue weighted by molar-refractivity contribution is -0.143. The molecular formula is C20H18F3NO5. The highest BCUT2D eigenvalue weighted by atomic mass is 19.4. The maximum Gasteiger partial charge on any atom is 0.416 e. The van der Waals surface area contributed by atoms with E-state index in [0.29, 0.717) is 16.9 Å². The number of ether oxygens (including phenoxy) is 2. The van der Waals surface area contributed by atoms with Crippen LogP contribution in [0.25, 0.3) is 0 Å². The Labute approximate surface area is 164 Å². The van der Waals surface area contributed by atoms with Crippen LogP contribution in [-0.4, -0.2) is 31.3 Å². The fraction of sp³-hybridized carbons (Fsp3) is 0.250. The van der Waals surface area contributed by atoms with Crippen molar-refractivity contribution in [3.63, 3.8) is 0 Å². The Bertz CT molecular complexity index is 907. The highest BCUT2D eigenvalue weighted by Crippen LogP contribution is 2.29. The molecule has 2 aromatic carbocycles. The van der Waals surface area contributed by atoms with Gasteiger partial charge in [0, 0.05) is 16.7 Å². The molecule has 1 N–H and O–H groups in total. The number of methoxy groups -OCH3 is 1. The SMILES string of the molecule is COc1ccc(C(C)=O)cc1COC(=O)CNC(=O)c1ccc(C(F)(F)F)cc1. The largest absolute Gasteiger partial charge is 0.496 e. The zero-order valence-electron chi connectivity index (χ0n) is 15.6. The number of alkyl halides is 3. The topological polar surface area (TPSA) is 81.7 Å². The molecule has 0 aliphatic carbocycles. The molecule has 0 saturated heterocycles. The normalized spacial score (nSPS) is 10.9. The second-order valence-corrected chi connectivity index (χ2v) is 6.00. The summed E-state index contributed by atoms with van der Waals surface area (Å²) in [5.41, 5.74) is -0.00750. The van der Waals surface area contributed by atoms with Crippen LogP contribution in [0.3, 0.4) is 0 Å². The minimum absolute atomic E-state index is 0.0263. The van der Waals surface area contributed by atoms with Gasteiger partial charge < -0.3 is 14.8 Å². The summed E-state index contributed by atoms with van der Waals surface area (Å²) in [5, 5.41) is 2.27. The summed E-state index contributed by atoms with van der Waals surface area (Å²) in [5.74, 6) is -1.21. The molecule has 6 nitrogen and oxygen atoms in total. The Morgan fingerprint density at radius 3 is 2.17 bits per heavy atom. The summed E-state index contributed by atoms with van der Waals surface area (Å²) in [4.78, 5) is 35.3. The zero-order valence-corrected chi connectivity index (χ0v) is 15.6. The molecule has 0 bridgehead atoms. The second-order valence-electron chi connectivity index (χ2n) is 6.00. The van der Waals surface area contributed by atoms with Crippen LogP contribution in [0, 0.1) is 0 Å². The van der Waals surface area contributed by atoms with Gasteiger partial charge in [-0.25, -0.2) is 0 Å². The minimum Gasteiger partial charge on any atom is -0.496 e. The summed E-state index contributed by atoms with van der Waals surface area (Å²) >= 11 is 0. The first-order valence-corrected chi connectivity index (χ1v) is 8.40. The number of carbonyl (C=O) groups excluding carboxylic acids is 3. The first-order valence-electron chi connectivity index (χ1n) is 8.40. The predicted molar refractivity (Wildman–Crippen MR) is 96.6 cm³/mol. The van der Waals surface area contributed by atoms with Gasteiger partial charge in [0.15, 0.2) is 5.78 Å². The third-order valence-corrected chi connectivity index (χ3v) is 3.94. The molecule has 9 heteroatoms. The number of hydrogen-bond donors (Lipinski definition) is 1. The Morgan fingerprint density at radius 1 is 1.00 bits per heavy atom. The van der Waals surface area contributed by atoms with Crippen LogP contribution in [-0.2, 0) is 22.3 Å². The molecule has 2 aromatic rings. The maximum absolute atomic E-state index is 12.5. The van der Waals surface area contributed by atoms with E-state index in [9.17, 15) is 27.6 Å². The summed E-state index contributed by atoms with van der Waals surface area (Å²) in [6.45, 7) is 0.738. The van der Waals surface area contributed by atoms with Crippen molar-refractivity contribution in [3.8, 4) is 5.75 Å². The van der Waals surface area contributed by atoms with Gasteiger partial charge >= 0.3 is 12.1 Å². The van der Waals surface area contributed by atoms with Crippen molar-refractivity contribution in [1.82, 2.24) is 5.32 Å². The van der Waals surface area contributed by atoms with Crippen molar-refractivity contribution in [1.29, 1.82) is 0 Å². The van der Waals surface area contributed by atoms with E-state index in [4.69, 9.17) is 9.47 Å². The van der Waals surface area contributed by atoms with Gasteiger partial charge in [0.05, 0.1) is 12.7 Å². The molecule has 0 aromatic heterocycles. The lowest BCUT2D eigenvalue weighted by Gasteiger charge is -2.11. The summed E-state index contributed by atoms with van der Waals surface area (Å²) < 4.78 is 47.8. The first kappa shape index (κ1) is 21.9. The van der Waals surface area contributed by atoms with E-state index < -0.39 is 30.2 Å². The van der Waals surface area contributed by atoms with Crippen molar-refractivity contribution in [2.24, 2.45) is 0 Å². The second kappa shape index (κ2) is 9.22. The van der Waals surface area contributed by atoms with Crippen LogP contribution >= 0.6 is 0 Å². The van der Waals surface area contributed by atoms with E-state index in [1.807, 2.05) is 0 Å². The van der Waals surface area contributed by atoms with E-state index in [2.05, 4.69) is 5.32 Å². The number of halogens is 3. The third kappa shape index (κ3) is 6.06. The van der Waals surface area contributed by atoms with Crippen LogP contribution in [0.5, 0.6) is 5.75 Å². The van der Waals surface area contributed by atoms with E-state index in [1.165, 1.54) is 20.1 Å². The molecule has 0 fully saturated rings. The number of benzene rings is 2. The van der Waals surface area contributed by atoms with E-state index >= 15 is 0 Å². The molecule has 0 radical (unpaired) electrons. The molecule has 0 unspecified atom stereocenters. The van der Waals surface area contributed by atoms with Gasteiger partial charge in [0.1, 0.15) is 18.9 Å². The molecule has 154 valence electrons. The minimum atomic E-state index is -4.50. The van der Waals surface area contributed by atoms with Crippen molar-refractivity contribution >= 4 is 17.7 Å². The maximum atomic E-state index is 12.5. The molecule has 0 aliphatic heterocycles. The van der Waals surface area contributed by atoms with Gasteiger partial charge in [-0.1, -0.05) is 0 Å². The van der Waals surface area contributed by atoms with Crippen LogP contribution in [0.1, 0.15) is 38.8 Å². The van der Waals surface area contributed by atoms with Crippen LogP contribution in [0.15, 0.2) is 42.5 Å². The highest BCUT2D eigenvalue weighted by molar-refractivity contribution is 5.96. The fourth-order valence-electron chi connectivity index (χ4n) is 2.38. The highest BCUT2D eigenvalue weighted by Gasteiger charge is 2.30. The molecule has 0 aliphatic rings. The number of rotatable bonds is 7. The van der Waals surface area contributed by atoms with Gasteiger partial charge in [0.25, 0.3) is 5.91 Å². The van der Waals surface area contributed by atoms with Gasteiger partial charge in [-0.05, 0) is 49.4 Å². The van der Waals surface area contributed by atoms with E-state index in [-0.39, 0.29) is 18.0 Å². The quantitative estimate of drug-likeness (QED) is 0.560. The van der Waals surface area contributed by atoms with Crippen LogP contribution in [0.2, 0.25) is 0 Å². The van der Waals surface area contributed by atoms with E-state index in [0.717, 1.165) is 24.3 Å². The van der Waals surface area contributed by atoms with Crippen molar-refractivity contribution in [2.75, 3.05) is 13.7 Å². The van der Waals surface area contributed by atoms with Gasteiger partial charge in [-0.2, -0.15) is 13.2 Å². The molecule has 2 rings (SSSR count). The first-order chi connectivity index (χ1) is 13.6. The predicted octanol–water partition coefficient (Wildman–Crippen LogP) is 3.39. The molecule has 29 heavy (non-hydrogen) atoms. The molecule has 0 spiro atoms. The number of nitrogens with one attached hydrogen (secondary N) is 1. The molecule has 0 saturated carbocycles. The number of amides is 1.